The highest BCUT2D eigenvalue weighted by Crippen LogP contribution is 2.43. The Labute approximate surface area is 559 Å². The smallest absolute Gasteiger partial charge is 0.306 e. The molecule has 94 heavy (non-hydrogen) atoms. The molecule has 0 spiro atoms. The summed E-state index contributed by atoms with van der Waals surface area (Å²) in [7, 11) is 0. The number of rotatable bonds is 13. The summed E-state index contributed by atoms with van der Waals surface area (Å²) < 4.78 is 5.61. The van der Waals surface area contributed by atoms with Gasteiger partial charge in [0.2, 0.25) is 11.8 Å². The minimum absolute atomic E-state index is 0.0359. The van der Waals surface area contributed by atoms with E-state index in [1.165, 1.54) is 49.7 Å². The van der Waals surface area contributed by atoms with E-state index in [9.17, 15) is 44.1 Å². The quantitative estimate of drug-likeness (QED) is 0.0400. The fourth-order valence-corrected chi connectivity index (χ4v) is 16.6. The van der Waals surface area contributed by atoms with Crippen LogP contribution in [0, 0.1) is 24.2 Å². The van der Waals surface area contributed by atoms with Gasteiger partial charge in [-0.2, -0.15) is 0 Å². The Bertz CT molecular complexity index is 4370. The topological polar surface area (TPSA) is 407 Å². The van der Waals surface area contributed by atoms with Gasteiger partial charge in [-0.25, -0.2) is 34.9 Å². The monoisotopic (exact) mass is 1380 g/mol. The molecule has 1 saturated heterocycles. The number of carboxylic acid groups (broad SMARTS) is 1. The standard InChI is InChI=1S/C62H59N15O11S6/c1-27-43(78)20-77-49(27)60-74-42(26-93-60)57-70-38(22-90-57)47-34(16-17-35(67-47)56-72-39(24-91-56)51(81)66-32-12-10-31(11-13-32)62(86)87)55-71-40(23-89-55)52(82)68-36(19-45(65)79)58-76-46(28(2)94-58)54(84)75-48(50(80)30-6-4-3-5-7-30)59-73-41(25-92-59)53(83)69-37(61(77)85)18-29-8-14-33(15-9-29)88-21-44(63)64/h3-9,14-17,22-27,31-32,36-37,43,48-50,78,80H,10-13,18-21H2,1-2H3,(H3,63,64)(H2,65,79)(H,66,81)(H,68,82)(H,69,83)(H,75,84)(H,86,87)/t27-,31?,32?,36-,37-,43-,48-,49-,50+/m0/s1. The van der Waals surface area contributed by atoms with Crippen LogP contribution in [0.1, 0.15) is 136 Å². The molecule has 10 bridgehead atoms. The lowest BCUT2D eigenvalue weighted by Gasteiger charge is -2.29. The number of ether oxygens (including phenoxy) is 1. The molecule has 9 heterocycles. The number of carbonyl (C=O) groups excluding carboxylic acids is 6. The molecule has 3 aliphatic rings. The Morgan fingerprint density at radius 3 is 2.09 bits per heavy atom. The number of aliphatic hydroxyl groups excluding tert-OH is 2. The van der Waals surface area contributed by atoms with Crippen molar-refractivity contribution in [3.63, 3.8) is 0 Å². The van der Waals surface area contributed by atoms with Crippen molar-refractivity contribution in [3.05, 3.63) is 147 Å². The number of primary amides is 1. The molecular weight excluding hydrogens is 1320 g/mol. The van der Waals surface area contributed by atoms with E-state index in [1.54, 1.807) is 89.8 Å². The second kappa shape index (κ2) is 27.8. The second-order valence-electron chi connectivity index (χ2n) is 22.7. The molecule has 7 aromatic heterocycles. The predicted molar refractivity (Wildman–Crippen MR) is 353 cm³/mol. The molecule has 32 heteroatoms. The van der Waals surface area contributed by atoms with Crippen molar-refractivity contribution < 1.29 is 53.6 Å². The van der Waals surface area contributed by atoms with Gasteiger partial charge in [-0.3, -0.25) is 39.0 Å². The number of benzene rings is 2. The zero-order valence-corrected chi connectivity index (χ0v) is 54.8. The number of thiazole rings is 6. The highest BCUT2D eigenvalue weighted by molar-refractivity contribution is 7.15. The van der Waals surface area contributed by atoms with Crippen LogP contribution in [0.3, 0.4) is 0 Å². The van der Waals surface area contributed by atoms with E-state index in [0.29, 0.717) is 95.8 Å². The van der Waals surface area contributed by atoms with Crippen molar-refractivity contribution in [2.45, 2.75) is 94.8 Å². The van der Waals surface area contributed by atoms with Gasteiger partial charge >= 0.3 is 5.97 Å². The number of amidine groups is 1. The minimum atomic E-state index is -1.43. The maximum absolute atomic E-state index is 15.4. The van der Waals surface area contributed by atoms with Crippen LogP contribution < -0.4 is 37.5 Å². The molecule has 12 N–H and O–H groups in total. The van der Waals surface area contributed by atoms with Crippen molar-refractivity contribution in [1.82, 2.24) is 61.1 Å². The Hall–Kier alpha value is -9.15. The van der Waals surface area contributed by atoms with Gasteiger partial charge in [0.15, 0.2) is 0 Å². The van der Waals surface area contributed by atoms with Gasteiger partial charge < -0.3 is 57.7 Å². The molecule has 2 fully saturated rings. The fourth-order valence-electron chi connectivity index (χ4n) is 11.3. The first kappa shape index (κ1) is 64.9. The third-order valence-electron chi connectivity index (χ3n) is 16.2. The zero-order chi connectivity index (χ0) is 66.1. The number of nitrogens with one attached hydrogen (secondary N) is 5. The Balaban J connectivity index is 0.929. The number of pyridine rings is 1. The lowest BCUT2D eigenvalue weighted by molar-refractivity contribution is -0.143. The van der Waals surface area contributed by atoms with Crippen molar-refractivity contribution in [3.8, 4) is 49.1 Å². The van der Waals surface area contributed by atoms with E-state index in [2.05, 4.69) is 36.2 Å². The molecule has 2 aliphatic heterocycles. The highest BCUT2D eigenvalue weighted by Gasteiger charge is 2.46. The summed E-state index contributed by atoms with van der Waals surface area (Å²) in [4.78, 5) is 133. The lowest BCUT2D eigenvalue weighted by Crippen LogP contribution is -2.50. The first-order valence-electron chi connectivity index (χ1n) is 29.5. The first-order chi connectivity index (χ1) is 45.2. The molecule has 26 nitrogen and oxygen atoms in total. The normalized spacial score (nSPS) is 21.3. The number of hydrogen-bond donors (Lipinski definition) is 10. The van der Waals surface area contributed by atoms with Gasteiger partial charge in [0.05, 0.1) is 36.2 Å². The van der Waals surface area contributed by atoms with E-state index >= 15 is 4.79 Å². The second-order valence-corrected chi connectivity index (χ2v) is 28.3. The number of aryl methyl sites for hydroxylation is 1. The minimum Gasteiger partial charge on any atom is -0.486 e. The third-order valence-corrected chi connectivity index (χ3v) is 21.8. The summed E-state index contributed by atoms with van der Waals surface area (Å²) in [5, 5.41) is 62.5. The molecule has 484 valence electrons. The van der Waals surface area contributed by atoms with Gasteiger partial charge in [-0.05, 0) is 68.0 Å². The summed E-state index contributed by atoms with van der Waals surface area (Å²) in [6.07, 6.45) is -0.953. The Morgan fingerprint density at radius 2 is 1.35 bits per heavy atom. The molecule has 7 atom stereocenters. The van der Waals surface area contributed by atoms with E-state index in [0.717, 1.165) is 34.0 Å². The first-order valence-corrected chi connectivity index (χ1v) is 34.7. The van der Waals surface area contributed by atoms with Crippen molar-refractivity contribution >= 4 is 115 Å². The molecular formula is C62H59N15O11S6. The number of aliphatic hydroxyl groups is 2. The van der Waals surface area contributed by atoms with Crippen LogP contribution in [0.4, 0.5) is 0 Å². The van der Waals surface area contributed by atoms with Crippen LogP contribution in [0.25, 0.3) is 43.4 Å². The SMILES string of the molecule is Cc1sc2nc1C(=O)N[C@@H]([C@H](O)c1ccccc1)c1nc(cs1)C(=O)N[C@@H](Cc1ccc(OCC(=N)N)cc1)C(=O)N1C[C@H](O)[C@H](C)[C@H]1c1nc(cs1)-c1nc(cs1)-c1nc(-c3nc(C(=O)NC4CCC(C(=O)O)CC4)cs3)ccc1-c1nc(cs1)C(=O)N[C@H]2CC(N)=O. The maximum atomic E-state index is 15.4. The zero-order valence-electron chi connectivity index (χ0n) is 49.9. The van der Waals surface area contributed by atoms with Crippen LogP contribution in [-0.2, 0) is 20.8 Å². The molecule has 1 aliphatic carbocycles. The summed E-state index contributed by atoms with van der Waals surface area (Å²) >= 11 is 6.87. The number of nitrogens with zero attached hydrogens (tertiary/aromatic N) is 8. The van der Waals surface area contributed by atoms with Crippen molar-refractivity contribution in [1.29, 1.82) is 5.41 Å². The number of carbonyl (C=O) groups is 7. The van der Waals surface area contributed by atoms with E-state index < -0.39 is 96.0 Å². The van der Waals surface area contributed by atoms with Crippen LogP contribution in [0.5, 0.6) is 5.75 Å². The number of amides is 6. The molecule has 1 saturated carbocycles. The van der Waals surface area contributed by atoms with Gasteiger partial charge in [0.1, 0.15) is 106 Å². The summed E-state index contributed by atoms with van der Waals surface area (Å²) in [6, 6.07) is 14.0. The van der Waals surface area contributed by atoms with Gasteiger partial charge in [0.25, 0.3) is 23.6 Å². The number of nitrogens with two attached hydrogens (primary N) is 2. The third kappa shape index (κ3) is 14.2. The molecule has 0 unspecified atom stereocenters. The number of hydrogen-bond acceptors (Lipinski definition) is 24. The van der Waals surface area contributed by atoms with Crippen molar-refractivity contribution in [2.24, 2.45) is 23.3 Å². The summed E-state index contributed by atoms with van der Waals surface area (Å²) in [5.74, 6) is -5.56. The molecule has 0 radical (unpaired) electrons. The lowest BCUT2D eigenvalue weighted by atomic mass is 9.86. The Kier molecular flexibility index (Phi) is 19.2. The number of carboxylic acids is 1. The average Bonchev–Trinajstić information content (AvgIpc) is 1.63. The largest absolute Gasteiger partial charge is 0.486 e. The highest BCUT2D eigenvalue weighted by atomic mass is 32.1. The maximum Gasteiger partial charge on any atom is 0.306 e. The van der Waals surface area contributed by atoms with Crippen LogP contribution in [0.15, 0.2) is 93.6 Å². The predicted octanol–water partition coefficient (Wildman–Crippen LogP) is 7.27. The van der Waals surface area contributed by atoms with E-state index in [-0.39, 0.29) is 64.2 Å². The van der Waals surface area contributed by atoms with Crippen LogP contribution in [-0.4, -0.2) is 134 Å². The van der Waals surface area contributed by atoms with Gasteiger partial charge in [0, 0.05) is 62.3 Å². The number of aliphatic carboxylic acids is 1. The molecule has 12 rings (SSSR count). The van der Waals surface area contributed by atoms with Crippen LogP contribution >= 0.6 is 68.0 Å². The summed E-state index contributed by atoms with van der Waals surface area (Å²) in [5.41, 5.74) is 14.2. The van der Waals surface area contributed by atoms with E-state index in [4.69, 9.17) is 41.5 Å². The molecule has 6 amide bonds. The molecule has 2 aromatic carbocycles. The number of aromatic nitrogens is 7. The fraction of sp³-hybridized carbons (Fsp3) is 0.306. The molecule has 9 aromatic rings. The summed E-state index contributed by atoms with van der Waals surface area (Å²) in [6.45, 7) is 3.18. The van der Waals surface area contributed by atoms with Gasteiger partial charge in [-0.15, -0.1) is 68.0 Å². The van der Waals surface area contributed by atoms with Gasteiger partial charge in [-0.1, -0.05) is 49.4 Å². The van der Waals surface area contributed by atoms with E-state index in [1.807, 2.05) is 6.92 Å². The number of fused-ring (bicyclic) bond motifs is 16. The Morgan fingerprint density at radius 1 is 0.702 bits per heavy atom. The average molecular weight is 1380 g/mol. The van der Waals surface area contributed by atoms with Crippen LogP contribution in [0.2, 0.25) is 0 Å². The van der Waals surface area contributed by atoms with Crippen molar-refractivity contribution in [2.75, 3.05) is 13.2 Å².